The fourth-order valence-corrected chi connectivity index (χ4v) is 2.28. The van der Waals surface area contributed by atoms with Gasteiger partial charge in [-0.15, -0.1) is 0 Å². The van der Waals surface area contributed by atoms with Gasteiger partial charge in [-0.3, -0.25) is 0 Å². The minimum Gasteiger partial charge on any atom is -0.464 e. The van der Waals surface area contributed by atoms with Gasteiger partial charge >= 0.3 is 5.97 Å². The monoisotopic (exact) mass is 278 g/mol. The van der Waals surface area contributed by atoms with Gasteiger partial charge < -0.3 is 15.4 Å². The van der Waals surface area contributed by atoms with Crippen LogP contribution in [0.3, 0.4) is 0 Å². The second-order valence-electron chi connectivity index (χ2n) is 4.84. The van der Waals surface area contributed by atoms with Crippen molar-refractivity contribution in [3.8, 4) is 0 Å². The zero-order chi connectivity index (χ0) is 15.0. The third-order valence-corrected chi connectivity index (χ3v) is 3.19. The van der Waals surface area contributed by atoms with Crippen LogP contribution < -0.4 is 10.6 Å². The molecule has 112 valence electrons. The van der Waals surface area contributed by atoms with Gasteiger partial charge in [0.25, 0.3) is 0 Å². The van der Waals surface area contributed by atoms with E-state index in [1.54, 1.807) is 0 Å². The number of ether oxygens (including phenoxy) is 1. The molecule has 4 nitrogen and oxygen atoms in total. The highest BCUT2D eigenvalue weighted by Gasteiger charge is 2.26. The van der Waals surface area contributed by atoms with Crippen LogP contribution in [-0.4, -0.2) is 25.2 Å². The van der Waals surface area contributed by atoms with Crippen LogP contribution in [0, 0.1) is 0 Å². The number of hydrogen-bond donors (Lipinski definition) is 1. The molecule has 1 aromatic rings. The molecular formula is C16H26N2O2. The number of carbonyl (C=O) groups is 1. The molecular weight excluding hydrogens is 252 g/mol. The lowest BCUT2D eigenvalue weighted by atomic mass is 10.1. The van der Waals surface area contributed by atoms with Crippen LogP contribution in [0.15, 0.2) is 24.3 Å². The van der Waals surface area contributed by atoms with Gasteiger partial charge in [0.05, 0.1) is 6.61 Å². The highest BCUT2D eigenvalue weighted by atomic mass is 16.5. The van der Waals surface area contributed by atoms with Crippen molar-refractivity contribution in [3.05, 3.63) is 24.3 Å². The molecule has 0 heterocycles. The van der Waals surface area contributed by atoms with Gasteiger partial charge in [0.1, 0.15) is 6.04 Å². The molecule has 0 spiro atoms. The molecule has 0 amide bonds. The lowest BCUT2D eigenvalue weighted by molar-refractivity contribution is -0.145. The van der Waals surface area contributed by atoms with Gasteiger partial charge in [-0.05, 0) is 44.0 Å². The molecule has 20 heavy (non-hydrogen) atoms. The Morgan fingerprint density at radius 3 is 2.35 bits per heavy atom. The van der Waals surface area contributed by atoms with Crippen molar-refractivity contribution < 1.29 is 9.53 Å². The Bertz CT molecular complexity index is 403. The molecule has 0 saturated carbocycles. The zero-order valence-corrected chi connectivity index (χ0v) is 12.8. The minimum absolute atomic E-state index is 0.139. The van der Waals surface area contributed by atoms with Crippen LogP contribution in [0.2, 0.25) is 0 Å². The second kappa shape index (κ2) is 8.46. The first-order valence-electron chi connectivity index (χ1n) is 7.42. The van der Waals surface area contributed by atoms with E-state index < -0.39 is 0 Å². The second-order valence-corrected chi connectivity index (χ2v) is 4.84. The van der Waals surface area contributed by atoms with Crippen molar-refractivity contribution in [2.24, 2.45) is 0 Å². The third kappa shape index (κ3) is 4.44. The van der Waals surface area contributed by atoms with E-state index >= 15 is 0 Å². The number of esters is 1. The summed E-state index contributed by atoms with van der Waals surface area (Å²) in [6.45, 7) is 7.28. The first kappa shape index (κ1) is 16.3. The van der Waals surface area contributed by atoms with Crippen LogP contribution in [0.25, 0.3) is 0 Å². The maximum absolute atomic E-state index is 12.2. The van der Waals surface area contributed by atoms with E-state index in [0.717, 1.165) is 37.2 Å². The Morgan fingerprint density at radius 1 is 1.20 bits per heavy atom. The Kier molecular flexibility index (Phi) is 6.91. The molecule has 0 aliphatic carbocycles. The van der Waals surface area contributed by atoms with Crippen molar-refractivity contribution in [1.29, 1.82) is 0 Å². The van der Waals surface area contributed by atoms with Crippen LogP contribution in [-0.2, 0) is 9.53 Å². The average Bonchev–Trinajstić information content (AvgIpc) is 2.44. The maximum Gasteiger partial charge on any atom is 0.328 e. The Balaban J connectivity index is 3.00. The molecule has 2 N–H and O–H groups in total. The zero-order valence-electron chi connectivity index (χ0n) is 12.8. The average molecular weight is 278 g/mol. The van der Waals surface area contributed by atoms with Gasteiger partial charge in [-0.2, -0.15) is 0 Å². The molecule has 0 saturated heterocycles. The van der Waals surface area contributed by atoms with Gasteiger partial charge in [0, 0.05) is 17.9 Å². The smallest absolute Gasteiger partial charge is 0.328 e. The van der Waals surface area contributed by atoms with Crippen molar-refractivity contribution in [3.63, 3.8) is 0 Å². The fourth-order valence-electron chi connectivity index (χ4n) is 2.28. The molecule has 0 aliphatic heterocycles. The molecule has 1 aromatic carbocycles. The molecule has 1 unspecified atom stereocenters. The highest BCUT2D eigenvalue weighted by molar-refractivity contribution is 5.80. The third-order valence-electron chi connectivity index (χ3n) is 3.19. The summed E-state index contributed by atoms with van der Waals surface area (Å²) < 4.78 is 5.22. The van der Waals surface area contributed by atoms with Crippen molar-refractivity contribution in [2.75, 3.05) is 23.8 Å². The maximum atomic E-state index is 12.2. The summed E-state index contributed by atoms with van der Waals surface area (Å²) in [5.41, 5.74) is 7.48. The van der Waals surface area contributed by atoms with E-state index in [1.165, 1.54) is 0 Å². The van der Waals surface area contributed by atoms with Crippen molar-refractivity contribution >= 4 is 17.3 Å². The van der Waals surface area contributed by atoms with Gasteiger partial charge in [-0.1, -0.05) is 20.3 Å². The molecule has 1 rings (SSSR count). The summed E-state index contributed by atoms with van der Waals surface area (Å²) in [6, 6.07) is 7.45. The predicted molar refractivity (Wildman–Crippen MR) is 83.8 cm³/mol. The SMILES string of the molecule is CCCC(C(=O)OCC)N(CCC)c1ccc(N)cc1. The molecule has 1 atom stereocenters. The summed E-state index contributed by atoms with van der Waals surface area (Å²) >= 11 is 0. The Morgan fingerprint density at radius 2 is 1.85 bits per heavy atom. The number of hydrogen-bond acceptors (Lipinski definition) is 4. The standard InChI is InChI=1S/C16H26N2O2/c1-4-7-15(16(19)20-6-3)18(12-5-2)14-10-8-13(17)9-11-14/h8-11,15H,4-7,12,17H2,1-3H3. The van der Waals surface area contributed by atoms with Crippen molar-refractivity contribution in [1.82, 2.24) is 0 Å². The van der Waals surface area contributed by atoms with Gasteiger partial charge in [0.15, 0.2) is 0 Å². The van der Waals surface area contributed by atoms with E-state index in [2.05, 4.69) is 18.7 Å². The number of nitrogens with two attached hydrogens (primary N) is 1. The number of anilines is 2. The van der Waals surface area contributed by atoms with Gasteiger partial charge in [0.2, 0.25) is 0 Å². The lowest BCUT2D eigenvalue weighted by Crippen LogP contribution is -2.43. The number of benzene rings is 1. The van der Waals surface area contributed by atoms with Crippen molar-refractivity contribution in [2.45, 2.75) is 46.1 Å². The molecule has 0 fully saturated rings. The van der Waals surface area contributed by atoms with Crippen LogP contribution in [0.5, 0.6) is 0 Å². The highest BCUT2D eigenvalue weighted by Crippen LogP contribution is 2.22. The molecule has 0 aromatic heterocycles. The topological polar surface area (TPSA) is 55.6 Å². The number of nitrogen functional groups attached to an aromatic ring is 1. The number of nitrogens with zero attached hydrogens (tertiary/aromatic N) is 1. The van der Waals surface area contributed by atoms with E-state index in [4.69, 9.17) is 10.5 Å². The normalized spacial score (nSPS) is 11.9. The summed E-state index contributed by atoms with van der Waals surface area (Å²) in [6.07, 6.45) is 2.71. The van der Waals surface area contributed by atoms with E-state index in [-0.39, 0.29) is 12.0 Å². The van der Waals surface area contributed by atoms with E-state index in [1.807, 2.05) is 31.2 Å². The lowest BCUT2D eigenvalue weighted by Gasteiger charge is -2.32. The minimum atomic E-state index is -0.219. The molecule has 0 aliphatic rings. The first-order valence-corrected chi connectivity index (χ1v) is 7.42. The Labute approximate surface area is 121 Å². The summed E-state index contributed by atoms with van der Waals surface area (Å²) in [5, 5.41) is 0. The van der Waals surface area contributed by atoms with Crippen LogP contribution >= 0.6 is 0 Å². The molecule has 0 radical (unpaired) electrons. The largest absolute Gasteiger partial charge is 0.464 e. The quantitative estimate of drug-likeness (QED) is 0.586. The summed E-state index contributed by atoms with van der Waals surface area (Å²) in [5.74, 6) is -0.139. The van der Waals surface area contributed by atoms with Crippen LogP contribution in [0.4, 0.5) is 11.4 Å². The molecule has 0 bridgehead atoms. The molecule has 4 heteroatoms. The summed E-state index contributed by atoms with van der Waals surface area (Å²) in [7, 11) is 0. The fraction of sp³-hybridized carbons (Fsp3) is 0.562. The summed E-state index contributed by atoms with van der Waals surface area (Å²) in [4.78, 5) is 14.3. The number of carbonyl (C=O) groups excluding carboxylic acids is 1. The Hall–Kier alpha value is -1.71. The number of rotatable bonds is 8. The predicted octanol–water partition coefficient (Wildman–Crippen LogP) is 3.22. The van der Waals surface area contributed by atoms with Gasteiger partial charge in [-0.25, -0.2) is 4.79 Å². The van der Waals surface area contributed by atoms with E-state index in [9.17, 15) is 4.79 Å². The van der Waals surface area contributed by atoms with E-state index in [0.29, 0.717) is 6.61 Å². The first-order chi connectivity index (χ1) is 9.63. The van der Waals surface area contributed by atoms with Crippen LogP contribution in [0.1, 0.15) is 40.0 Å².